The minimum Gasteiger partial charge on any atom is -0.498 e. The Balaban J connectivity index is 2.42. The summed E-state index contributed by atoms with van der Waals surface area (Å²) in [4.78, 5) is 22.5. The van der Waals surface area contributed by atoms with Gasteiger partial charge in [0.25, 0.3) is 0 Å². The zero-order valence-electron chi connectivity index (χ0n) is 33.1. The summed E-state index contributed by atoms with van der Waals surface area (Å²) in [7, 11) is -4.36. The first kappa shape index (κ1) is 49.5. The maximum absolute atomic E-state index is 12.7. The quantitative estimate of drug-likeness (QED) is 0.0137. The SMILES string of the molecule is CCCCCCCCCCCCCC/C=C/OC[C@H](COP(=O)(O)OCCN)OC(=O)CCC/C=C/C[C@@H]1[C@@H](/C=C/[C@@H](O)CCCCC)[C@H](O)C[C@@H]1O. The Morgan fingerprint density at radius 3 is 2.09 bits per heavy atom. The molecule has 0 heterocycles. The predicted octanol–water partition coefficient (Wildman–Crippen LogP) is 8.58. The fraction of sp³-hybridized carbons (Fsp3) is 0.829. The smallest absolute Gasteiger partial charge is 0.472 e. The highest BCUT2D eigenvalue weighted by Gasteiger charge is 2.39. The molecule has 1 fully saturated rings. The van der Waals surface area contributed by atoms with E-state index < -0.39 is 38.2 Å². The molecule has 1 aliphatic rings. The number of phosphoric acid groups is 1. The highest BCUT2D eigenvalue weighted by molar-refractivity contribution is 7.47. The summed E-state index contributed by atoms with van der Waals surface area (Å²) in [6.07, 6.45) is 30.6. The van der Waals surface area contributed by atoms with Crippen molar-refractivity contribution in [3.8, 4) is 0 Å². The number of rotatable bonds is 35. The zero-order valence-corrected chi connectivity index (χ0v) is 34.0. The third-order valence-electron chi connectivity index (χ3n) is 9.69. The van der Waals surface area contributed by atoms with Crippen molar-refractivity contribution in [2.75, 3.05) is 26.4 Å². The second-order valence-corrected chi connectivity index (χ2v) is 16.0. The zero-order chi connectivity index (χ0) is 39.0. The van der Waals surface area contributed by atoms with Crippen LogP contribution >= 0.6 is 7.82 Å². The summed E-state index contributed by atoms with van der Waals surface area (Å²) in [6, 6.07) is 0. The fourth-order valence-corrected chi connectivity index (χ4v) is 7.31. The molecule has 1 unspecified atom stereocenters. The van der Waals surface area contributed by atoms with Gasteiger partial charge in [0.2, 0.25) is 0 Å². The number of hydrogen-bond donors (Lipinski definition) is 5. The molecule has 0 bridgehead atoms. The van der Waals surface area contributed by atoms with Crippen LogP contribution in [-0.2, 0) is 27.9 Å². The minimum absolute atomic E-state index is 0.0432. The van der Waals surface area contributed by atoms with Crippen LogP contribution in [-0.4, -0.2) is 77.0 Å². The van der Waals surface area contributed by atoms with Crippen molar-refractivity contribution in [3.63, 3.8) is 0 Å². The van der Waals surface area contributed by atoms with Crippen LogP contribution in [0.2, 0.25) is 0 Å². The van der Waals surface area contributed by atoms with E-state index in [2.05, 4.69) is 13.8 Å². The molecule has 0 aromatic rings. The number of allylic oxidation sites excluding steroid dienone is 3. The summed E-state index contributed by atoms with van der Waals surface area (Å²) in [6.45, 7) is 3.85. The van der Waals surface area contributed by atoms with Gasteiger partial charge in [0.05, 0.1) is 37.8 Å². The molecule has 6 N–H and O–H groups in total. The molecule has 0 radical (unpaired) electrons. The maximum atomic E-state index is 12.7. The van der Waals surface area contributed by atoms with Gasteiger partial charge in [0, 0.05) is 25.3 Å². The van der Waals surface area contributed by atoms with Gasteiger partial charge in [0.15, 0.2) is 6.10 Å². The van der Waals surface area contributed by atoms with Crippen molar-refractivity contribution in [2.45, 2.75) is 180 Å². The lowest BCUT2D eigenvalue weighted by atomic mass is 9.89. The third-order valence-corrected chi connectivity index (χ3v) is 10.7. The topological polar surface area (TPSA) is 178 Å². The molecule has 0 aliphatic heterocycles. The third kappa shape index (κ3) is 26.8. The summed E-state index contributed by atoms with van der Waals surface area (Å²) in [5.74, 6) is -0.865. The van der Waals surface area contributed by atoms with Gasteiger partial charge in [-0.25, -0.2) is 4.57 Å². The summed E-state index contributed by atoms with van der Waals surface area (Å²) >= 11 is 0. The highest BCUT2D eigenvalue weighted by Crippen LogP contribution is 2.43. The van der Waals surface area contributed by atoms with E-state index in [1.165, 1.54) is 70.6 Å². The first-order valence-corrected chi connectivity index (χ1v) is 22.3. The number of ether oxygens (including phenoxy) is 2. The molecule has 0 aromatic heterocycles. The van der Waals surface area contributed by atoms with Crippen LogP contribution < -0.4 is 5.73 Å². The Hall–Kier alpha value is -1.56. The molecule has 0 aromatic carbocycles. The van der Waals surface area contributed by atoms with Gasteiger partial charge in [-0.1, -0.05) is 128 Å². The van der Waals surface area contributed by atoms with E-state index in [1.807, 2.05) is 24.3 Å². The van der Waals surface area contributed by atoms with Gasteiger partial charge in [-0.05, 0) is 50.5 Å². The van der Waals surface area contributed by atoms with Crippen LogP contribution in [0.5, 0.6) is 0 Å². The molecule has 7 atom stereocenters. The first-order valence-electron chi connectivity index (χ1n) is 20.8. The molecule has 12 heteroatoms. The molecule has 1 saturated carbocycles. The Morgan fingerprint density at radius 2 is 1.43 bits per heavy atom. The molecular weight excluding hydrogens is 697 g/mol. The Morgan fingerprint density at radius 1 is 0.811 bits per heavy atom. The van der Waals surface area contributed by atoms with Gasteiger partial charge in [-0.3, -0.25) is 13.8 Å². The number of carbonyl (C=O) groups excluding carboxylic acids is 1. The largest absolute Gasteiger partial charge is 0.498 e. The van der Waals surface area contributed by atoms with Crippen molar-refractivity contribution in [1.29, 1.82) is 0 Å². The van der Waals surface area contributed by atoms with E-state index in [1.54, 1.807) is 12.3 Å². The minimum atomic E-state index is -4.36. The van der Waals surface area contributed by atoms with Crippen LogP contribution in [0, 0.1) is 11.8 Å². The number of phosphoric ester groups is 1. The maximum Gasteiger partial charge on any atom is 0.472 e. The fourth-order valence-electron chi connectivity index (χ4n) is 6.54. The molecule has 53 heavy (non-hydrogen) atoms. The molecule has 0 saturated heterocycles. The molecule has 310 valence electrons. The van der Waals surface area contributed by atoms with Gasteiger partial charge in [-0.15, -0.1) is 0 Å². The van der Waals surface area contributed by atoms with Crippen LogP contribution in [0.3, 0.4) is 0 Å². The molecule has 0 amide bonds. The van der Waals surface area contributed by atoms with E-state index in [0.717, 1.165) is 32.1 Å². The van der Waals surface area contributed by atoms with Gasteiger partial charge in [-0.2, -0.15) is 0 Å². The lowest BCUT2D eigenvalue weighted by Gasteiger charge is -2.20. The van der Waals surface area contributed by atoms with E-state index in [4.69, 9.17) is 24.3 Å². The van der Waals surface area contributed by atoms with Crippen LogP contribution in [0.15, 0.2) is 36.6 Å². The van der Waals surface area contributed by atoms with Gasteiger partial charge < -0.3 is 35.4 Å². The van der Waals surface area contributed by atoms with E-state index >= 15 is 0 Å². The lowest BCUT2D eigenvalue weighted by Crippen LogP contribution is -2.27. The Labute approximate surface area is 321 Å². The highest BCUT2D eigenvalue weighted by atomic mass is 31.2. The molecule has 1 aliphatic carbocycles. The predicted molar refractivity (Wildman–Crippen MR) is 212 cm³/mol. The number of aliphatic hydroxyl groups is 3. The van der Waals surface area contributed by atoms with Crippen molar-refractivity contribution >= 4 is 13.8 Å². The van der Waals surface area contributed by atoms with Gasteiger partial charge >= 0.3 is 13.8 Å². The van der Waals surface area contributed by atoms with Crippen molar-refractivity contribution in [3.05, 3.63) is 36.6 Å². The van der Waals surface area contributed by atoms with E-state index in [0.29, 0.717) is 32.1 Å². The molecule has 1 rings (SSSR count). The average Bonchev–Trinajstić information content (AvgIpc) is 3.40. The average molecular weight is 774 g/mol. The Bertz CT molecular complexity index is 1020. The molecular formula is C41H76NO10P. The van der Waals surface area contributed by atoms with Gasteiger partial charge in [0.1, 0.15) is 6.61 Å². The monoisotopic (exact) mass is 774 g/mol. The molecule has 11 nitrogen and oxygen atoms in total. The van der Waals surface area contributed by atoms with Crippen molar-refractivity contribution in [1.82, 2.24) is 0 Å². The normalized spacial score (nSPS) is 21.5. The van der Waals surface area contributed by atoms with Crippen LogP contribution in [0.4, 0.5) is 0 Å². The lowest BCUT2D eigenvalue weighted by molar-refractivity contribution is -0.153. The summed E-state index contributed by atoms with van der Waals surface area (Å²) < 4.78 is 33.1. The Kier molecular flexibility index (Phi) is 30.5. The number of nitrogens with two attached hydrogens (primary N) is 1. The van der Waals surface area contributed by atoms with Crippen LogP contribution in [0.25, 0.3) is 0 Å². The van der Waals surface area contributed by atoms with Crippen LogP contribution in [0.1, 0.15) is 155 Å². The second-order valence-electron chi connectivity index (χ2n) is 14.5. The molecule has 0 spiro atoms. The van der Waals surface area contributed by atoms with Crippen molar-refractivity contribution in [2.24, 2.45) is 17.6 Å². The standard InChI is InChI=1S/C41H76NO10P/c1-3-5-7-8-9-10-11-12-13-14-15-16-19-23-30-49-33-36(34-51-53(47,48)50-31-29-42)52-41(46)26-22-18-17-21-25-37-38(40(45)32-39(37)44)28-27-35(43)24-20-6-4-2/h17,21,23,27-28,30,35-40,43-45H,3-16,18-20,22,24-26,29,31-34,42H2,1-2H3,(H,47,48)/b21-17+,28-27+,30-23+/t35-,36+,37+,38+,39-,40+/m0/s1. The number of hydrogen-bond acceptors (Lipinski definition) is 10. The summed E-state index contributed by atoms with van der Waals surface area (Å²) in [5.41, 5.74) is 5.35. The van der Waals surface area contributed by atoms with E-state index in [9.17, 15) is 29.6 Å². The second kappa shape index (κ2) is 32.7. The van der Waals surface area contributed by atoms with E-state index in [-0.39, 0.29) is 44.6 Å². The van der Waals surface area contributed by atoms with Crippen molar-refractivity contribution < 1.29 is 48.1 Å². The summed E-state index contributed by atoms with van der Waals surface area (Å²) in [5, 5.41) is 31.3. The number of aliphatic hydroxyl groups excluding tert-OH is 3. The first-order chi connectivity index (χ1) is 25.6. The number of unbranched alkanes of at least 4 members (excludes halogenated alkanes) is 15. The number of esters is 1. The number of carbonyl (C=O) groups is 1.